The van der Waals surface area contributed by atoms with E-state index in [1.807, 2.05) is 0 Å². The van der Waals surface area contributed by atoms with Gasteiger partial charge in [0.1, 0.15) is 24.3 Å². The first-order chi connectivity index (χ1) is 13.6. The zero-order chi connectivity index (χ0) is 21.4. The molecule has 10 nitrogen and oxygen atoms in total. The standard InChI is InChI=1S/C19H26N6O4/c1-13(25-12-20-11-22-25)17(27)24-15-7-5-14(6-8-15)23-16(26)9-10-21-18(28)29-19(2,3)4/h5-8,11-13H,9-10H2,1-4H3,(H,21,28)(H,23,26)(H,24,27). The van der Waals surface area contributed by atoms with Crippen molar-refractivity contribution in [1.82, 2.24) is 20.1 Å². The van der Waals surface area contributed by atoms with Crippen molar-refractivity contribution in [3.63, 3.8) is 0 Å². The zero-order valence-electron chi connectivity index (χ0n) is 16.9. The average Bonchev–Trinajstić information content (AvgIpc) is 3.15. The Bertz CT molecular complexity index is 827. The molecule has 0 bridgehead atoms. The molecule has 156 valence electrons. The molecule has 0 fully saturated rings. The molecular formula is C19H26N6O4. The molecule has 0 aliphatic rings. The number of nitrogens with zero attached hydrogens (tertiary/aromatic N) is 3. The SMILES string of the molecule is CC(C(=O)Nc1ccc(NC(=O)CCNC(=O)OC(C)(C)C)cc1)n1cncn1. The lowest BCUT2D eigenvalue weighted by atomic mass is 10.2. The summed E-state index contributed by atoms with van der Waals surface area (Å²) in [7, 11) is 0. The van der Waals surface area contributed by atoms with Gasteiger partial charge < -0.3 is 20.7 Å². The zero-order valence-corrected chi connectivity index (χ0v) is 16.9. The van der Waals surface area contributed by atoms with Gasteiger partial charge in [0, 0.05) is 24.3 Å². The third-order valence-corrected chi connectivity index (χ3v) is 3.67. The lowest BCUT2D eigenvalue weighted by molar-refractivity contribution is -0.119. The van der Waals surface area contributed by atoms with Gasteiger partial charge >= 0.3 is 6.09 Å². The highest BCUT2D eigenvalue weighted by Crippen LogP contribution is 2.15. The molecule has 0 saturated carbocycles. The molecule has 1 atom stereocenters. The minimum atomic E-state index is -0.587. The number of anilines is 2. The summed E-state index contributed by atoms with van der Waals surface area (Å²) in [6.45, 7) is 7.17. The van der Waals surface area contributed by atoms with Crippen LogP contribution >= 0.6 is 0 Å². The summed E-state index contributed by atoms with van der Waals surface area (Å²) < 4.78 is 6.55. The lowest BCUT2D eigenvalue weighted by Crippen LogP contribution is -2.34. The van der Waals surface area contributed by atoms with E-state index in [0.29, 0.717) is 11.4 Å². The number of nitrogens with one attached hydrogen (secondary N) is 3. The van der Waals surface area contributed by atoms with E-state index in [4.69, 9.17) is 4.74 Å². The van der Waals surface area contributed by atoms with Crippen LogP contribution in [0.25, 0.3) is 0 Å². The van der Waals surface area contributed by atoms with Gasteiger partial charge in [0.25, 0.3) is 0 Å². The highest BCUT2D eigenvalue weighted by molar-refractivity contribution is 5.94. The normalized spacial score (nSPS) is 12.0. The van der Waals surface area contributed by atoms with Crippen molar-refractivity contribution >= 4 is 29.3 Å². The Kier molecular flexibility index (Phi) is 7.29. The Morgan fingerprint density at radius 2 is 1.72 bits per heavy atom. The third kappa shape index (κ3) is 7.60. The number of carbonyl (C=O) groups excluding carboxylic acids is 3. The first-order valence-electron chi connectivity index (χ1n) is 9.16. The highest BCUT2D eigenvalue weighted by atomic mass is 16.6. The van der Waals surface area contributed by atoms with Crippen LogP contribution in [0.2, 0.25) is 0 Å². The molecule has 0 aliphatic carbocycles. The van der Waals surface area contributed by atoms with Crippen molar-refractivity contribution in [3.05, 3.63) is 36.9 Å². The molecule has 3 N–H and O–H groups in total. The van der Waals surface area contributed by atoms with E-state index >= 15 is 0 Å². The van der Waals surface area contributed by atoms with Gasteiger partial charge in [-0.25, -0.2) is 14.5 Å². The molecule has 2 rings (SSSR count). The van der Waals surface area contributed by atoms with Crippen LogP contribution in [0.15, 0.2) is 36.9 Å². The third-order valence-electron chi connectivity index (χ3n) is 3.67. The topological polar surface area (TPSA) is 127 Å². The van der Waals surface area contributed by atoms with E-state index in [2.05, 4.69) is 26.0 Å². The van der Waals surface area contributed by atoms with Gasteiger partial charge in [0.2, 0.25) is 11.8 Å². The number of hydrogen-bond acceptors (Lipinski definition) is 6. The van der Waals surface area contributed by atoms with Crippen molar-refractivity contribution in [2.24, 2.45) is 0 Å². The fourth-order valence-corrected chi connectivity index (χ4v) is 2.24. The Hall–Kier alpha value is -3.43. The monoisotopic (exact) mass is 402 g/mol. The average molecular weight is 402 g/mol. The molecule has 1 aromatic heterocycles. The van der Waals surface area contributed by atoms with E-state index in [1.165, 1.54) is 17.3 Å². The van der Waals surface area contributed by atoms with Gasteiger partial charge in [-0.3, -0.25) is 9.59 Å². The lowest BCUT2D eigenvalue weighted by Gasteiger charge is -2.19. The Balaban J connectivity index is 1.76. The summed E-state index contributed by atoms with van der Waals surface area (Å²) >= 11 is 0. The molecule has 3 amide bonds. The first-order valence-corrected chi connectivity index (χ1v) is 9.16. The maximum absolute atomic E-state index is 12.2. The molecule has 0 spiro atoms. The summed E-state index contributed by atoms with van der Waals surface area (Å²) in [4.78, 5) is 39.6. The summed E-state index contributed by atoms with van der Waals surface area (Å²) in [6, 6.07) is 6.21. The van der Waals surface area contributed by atoms with Crippen molar-refractivity contribution < 1.29 is 19.1 Å². The number of aromatic nitrogens is 3. The number of carbonyl (C=O) groups is 3. The van der Waals surface area contributed by atoms with E-state index < -0.39 is 17.7 Å². The van der Waals surface area contributed by atoms with E-state index in [1.54, 1.807) is 52.0 Å². The van der Waals surface area contributed by atoms with Crippen molar-refractivity contribution in [2.45, 2.75) is 45.8 Å². The van der Waals surface area contributed by atoms with Gasteiger partial charge in [0.05, 0.1) is 0 Å². The van der Waals surface area contributed by atoms with E-state index in [0.717, 1.165) is 0 Å². The van der Waals surface area contributed by atoms with Crippen LogP contribution in [0.3, 0.4) is 0 Å². The molecule has 10 heteroatoms. The minimum absolute atomic E-state index is 0.104. The summed E-state index contributed by atoms with van der Waals surface area (Å²) in [5.41, 5.74) is 0.581. The van der Waals surface area contributed by atoms with Crippen LogP contribution < -0.4 is 16.0 Å². The Morgan fingerprint density at radius 3 is 2.28 bits per heavy atom. The fraction of sp³-hybridized carbons (Fsp3) is 0.421. The van der Waals surface area contributed by atoms with Crippen LogP contribution in [0, 0.1) is 0 Å². The molecule has 1 unspecified atom stereocenters. The largest absolute Gasteiger partial charge is 0.444 e. The summed E-state index contributed by atoms with van der Waals surface area (Å²) in [5.74, 6) is -0.488. The van der Waals surface area contributed by atoms with Gasteiger partial charge in [-0.05, 0) is 52.0 Å². The Morgan fingerprint density at radius 1 is 1.10 bits per heavy atom. The minimum Gasteiger partial charge on any atom is -0.444 e. The molecule has 1 aromatic carbocycles. The number of hydrogen-bond donors (Lipinski definition) is 3. The fourth-order valence-electron chi connectivity index (χ4n) is 2.24. The predicted octanol–water partition coefficient (Wildman–Crippen LogP) is 2.33. The number of amides is 3. The Labute approximate surface area is 169 Å². The van der Waals surface area contributed by atoms with Gasteiger partial charge in [-0.15, -0.1) is 0 Å². The molecule has 0 radical (unpaired) electrons. The first kappa shape index (κ1) is 21.9. The predicted molar refractivity (Wildman–Crippen MR) is 107 cm³/mol. The van der Waals surface area contributed by atoms with Crippen molar-refractivity contribution in [1.29, 1.82) is 0 Å². The summed E-state index contributed by atoms with van der Waals surface area (Å²) in [6.07, 6.45) is 2.38. The van der Waals surface area contributed by atoms with Crippen LogP contribution in [-0.4, -0.2) is 44.8 Å². The number of rotatable bonds is 7. The van der Waals surface area contributed by atoms with E-state index in [-0.39, 0.29) is 24.8 Å². The highest BCUT2D eigenvalue weighted by Gasteiger charge is 2.16. The number of ether oxygens (including phenoxy) is 1. The molecular weight excluding hydrogens is 376 g/mol. The van der Waals surface area contributed by atoms with E-state index in [9.17, 15) is 14.4 Å². The molecule has 29 heavy (non-hydrogen) atoms. The number of alkyl carbamates (subject to hydrolysis) is 1. The second-order valence-electron chi connectivity index (χ2n) is 7.34. The van der Waals surface area contributed by atoms with Crippen molar-refractivity contribution in [3.8, 4) is 0 Å². The second kappa shape index (κ2) is 9.67. The molecule has 1 heterocycles. The number of benzene rings is 1. The maximum atomic E-state index is 12.2. The van der Waals surface area contributed by atoms with Gasteiger partial charge in [-0.2, -0.15) is 5.10 Å². The molecule has 2 aromatic rings. The van der Waals surface area contributed by atoms with Crippen LogP contribution in [-0.2, 0) is 14.3 Å². The smallest absolute Gasteiger partial charge is 0.407 e. The molecule has 0 saturated heterocycles. The second-order valence-corrected chi connectivity index (χ2v) is 7.34. The van der Waals surface area contributed by atoms with Crippen LogP contribution in [0.4, 0.5) is 16.2 Å². The van der Waals surface area contributed by atoms with Gasteiger partial charge in [0.15, 0.2) is 0 Å². The maximum Gasteiger partial charge on any atom is 0.407 e. The summed E-state index contributed by atoms with van der Waals surface area (Å²) in [5, 5.41) is 12.0. The van der Waals surface area contributed by atoms with Crippen molar-refractivity contribution in [2.75, 3.05) is 17.2 Å². The quantitative estimate of drug-likeness (QED) is 0.652. The van der Waals surface area contributed by atoms with Crippen LogP contribution in [0.1, 0.15) is 40.2 Å². The van der Waals surface area contributed by atoms with Crippen LogP contribution in [0.5, 0.6) is 0 Å². The molecule has 0 aliphatic heterocycles. The van der Waals surface area contributed by atoms with Gasteiger partial charge in [-0.1, -0.05) is 0 Å².